The molecule has 0 aliphatic carbocycles. The van der Waals surface area contributed by atoms with Gasteiger partial charge in [-0.15, -0.1) is 0 Å². The molecule has 0 N–H and O–H groups in total. The molecule has 20 heavy (non-hydrogen) atoms. The molecular weight excluding hydrogens is 264 g/mol. The molecule has 1 saturated heterocycles. The molecule has 1 amide bonds. The number of carbonyl (C=O) groups excluding carboxylic acids is 2. The molecule has 0 unspecified atom stereocenters. The molecule has 0 spiro atoms. The molecule has 0 atom stereocenters. The first-order valence-electron chi connectivity index (χ1n) is 6.47. The predicted octanol–water partition coefficient (Wildman–Crippen LogP) is 2.42. The van der Waals surface area contributed by atoms with Crippen LogP contribution in [-0.2, 0) is 9.59 Å². The van der Waals surface area contributed by atoms with Crippen LogP contribution in [0.4, 0.5) is 8.78 Å². The first kappa shape index (κ1) is 14.4. The van der Waals surface area contributed by atoms with Crippen LogP contribution in [0.5, 0.6) is 0 Å². The van der Waals surface area contributed by atoms with Crippen LogP contribution in [0.3, 0.4) is 0 Å². The van der Waals surface area contributed by atoms with Gasteiger partial charge in [-0.25, -0.2) is 8.78 Å². The molecular formula is C15H15F2NO2. The quantitative estimate of drug-likeness (QED) is 0.629. The summed E-state index contributed by atoms with van der Waals surface area (Å²) in [5.41, 5.74) is 0.304. The van der Waals surface area contributed by atoms with Gasteiger partial charge in [-0.2, -0.15) is 0 Å². The molecule has 1 aliphatic rings. The van der Waals surface area contributed by atoms with Crippen LogP contribution in [0, 0.1) is 17.6 Å². The van der Waals surface area contributed by atoms with Gasteiger partial charge in [0.2, 0.25) is 5.91 Å². The highest BCUT2D eigenvalue weighted by molar-refractivity contribution is 5.91. The monoisotopic (exact) mass is 279 g/mol. The van der Waals surface area contributed by atoms with Crippen LogP contribution in [0.25, 0.3) is 6.08 Å². The van der Waals surface area contributed by atoms with Gasteiger partial charge >= 0.3 is 0 Å². The summed E-state index contributed by atoms with van der Waals surface area (Å²) in [5, 5.41) is 0. The third-order valence-electron chi connectivity index (χ3n) is 3.35. The molecule has 1 fully saturated rings. The summed E-state index contributed by atoms with van der Waals surface area (Å²) in [6, 6.07) is 3.10. The highest BCUT2D eigenvalue weighted by Gasteiger charge is 2.20. The fourth-order valence-corrected chi connectivity index (χ4v) is 2.20. The lowest BCUT2D eigenvalue weighted by Crippen LogP contribution is -2.37. The van der Waals surface area contributed by atoms with E-state index in [9.17, 15) is 18.4 Å². The van der Waals surface area contributed by atoms with E-state index in [-0.39, 0.29) is 11.8 Å². The van der Waals surface area contributed by atoms with Gasteiger partial charge in [0.25, 0.3) is 0 Å². The minimum atomic E-state index is -0.677. The van der Waals surface area contributed by atoms with Crippen LogP contribution in [0.15, 0.2) is 24.3 Å². The highest BCUT2D eigenvalue weighted by atomic mass is 19.1. The average Bonchev–Trinajstić information content (AvgIpc) is 2.44. The van der Waals surface area contributed by atoms with E-state index >= 15 is 0 Å². The first-order chi connectivity index (χ1) is 9.58. The van der Waals surface area contributed by atoms with Crippen molar-refractivity contribution in [2.75, 3.05) is 13.1 Å². The number of rotatable bonds is 3. The Morgan fingerprint density at radius 3 is 2.30 bits per heavy atom. The van der Waals surface area contributed by atoms with Crippen molar-refractivity contribution in [3.05, 3.63) is 41.5 Å². The Balaban J connectivity index is 1.97. The van der Waals surface area contributed by atoms with E-state index in [0.717, 1.165) is 24.5 Å². The zero-order chi connectivity index (χ0) is 14.5. The Bertz CT molecular complexity index is 514. The molecule has 5 heteroatoms. The van der Waals surface area contributed by atoms with Crippen molar-refractivity contribution in [3.8, 4) is 0 Å². The van der Waals surface area contributed by atoms with E-state index < -0.39 is 11.6 Å². The lowest BCUT2D eigenvalue weighted by Gasteiger charge is -2.28. The van der Waals surface area contributed by atoms with Gasteiger partial charge in [0.15, 0.2) is 0 Å². The van der Waals surface area contributed by atoms with E-state index in [1.807, 2.05) is 0 Å². The van der Waals surface area contributed by atoms with E-state index in [1.165, 1.54) is 12.2 Å². The van der Waals surface area contributed by atoms with Crippen molar-refractivity contribution >= 4 is 18.3 Å². The Morgan fingerprint density at radius 1 is 1.15 bits per heavy atom. The van der Waals surface area contributed by atoms with Crippen molar-refractivity contribution in [3.63, 3.8) is 0 Å². The number of piperidine rings is 1. The average molecular weight is 279 g/mol. The minimum Gasteiger partial charge on any atom is -0.339 e. The highest BCUT2D eigenvalue weighted by Crippen LogP contribution is 2.16. The van der Waals surface area contributed by atoms with E-state index in [4.69, 9.17) is 0 Å². The number of amides is 1. The Kier molecular flexibility index (Phi) is 4.61. The second-order valence-corrected chi connectivity index (χ2v) is 4.83. The Hall–Kier alpha value is -2.04. The summed E-state index contributed by atoms with van der Waals surface area (Å²) in [6.45, 7) is 1.06. The lowest BCUT2D eigenvalue weighted by molar-refractivity contribution is -0.128. The van der Waals surface area contributed by atoms with Crippen molar-refractivity contribution < 1.29 is 18.4 Å². The number of carbonyl (C=O) groups is 2. The number of halogens is 2. The third-order valence-corrected chi connectivity index (χ3v) is 3.35. The van der Waals surface area contributed by atoms with Crippen molar-refractivity contribution in [1.82, 2.24) is 4.90 Å². The Morgan fingerprint density at radius 2 is 1.75 bits per heavy atom. The molecule has 0 bridgehead atoms. The topological polar surface area (TPSA) is 37.4 Å². The van der Waals surface area contributed by atoms with Crippen molar-refractivity contribution in [2.24, 2.45) is 5.92 Å². The van der Waals surface area contributed by atoms with Crippen molar-refractivity contribution in [1.29, 1.82) is 0 Å². The van der Waals surface area contributed by atoms with Crippen LogP contribution in [0.1, 0.15) is 18.4 Å². The first-order valence-corrected chi connectivity index (χ1v) is 6.47. The van der Waals surface area contributed by atoms with E-state index in [2.05, 4.69) is 0 Å². The van der Waals surface area contributed by atoms with Gasteiger partial charge in [-0.1, -0.05) is 0 Å². The summed E-state index contributed by atoms with van der Waals surface area (Å²) < 4.78 is 26.0. The molecule has 0 aromatic heterocycles. The van der Waals surface area contributed by atoms with Gasteiger partial charge in [0.1, 0.15) is 17.9 Å². The van der Waals surface area contributed by atoms with Crippen molar-refractivity contribution in [2.45, 2.75) is 12.8 Å². The van der Waals surface area contributed by atoms with Crippen LogP contribution in [-0.4, -0.2) is 30.2 Å². The molecule has 1 aromatic carbocycles. The molecule has 2 rings (SSSR count). The van der Waals surface area contributed by atoms with Gasteiger partial charge in [0.05, 0.1) is 0 Å². The maximum Gasteiger partial charge on any atom is 0.246 e. The van der Waals surface area contributed by atoms with E-state index in [0.29, 0.717) is 31.5 Å². The second kappa shape index (κ2) is 6.41. The fourth-order valence-electron chi connectivity index (χ4n) is 2.20. The standard InChI is InChI=1S/C15H15F2NO2/c16-13-7-12(8-14(17)9-13)1-2-15(20)18-5-3-11(10-19)4-6-18/h1-2,7-11H,3-6H2. The maximum absolute atomic E-state index is 13.0. The third kappa shape index (κ3) is 3.73. The second-order valence-electron chi connectivity index (χ2n) is 4.83. The maximum atomic E-state index is 13.0. The van der Waals surface area contributed by atoms with E-state index in [1.54, 1.807) is 4.90 Å². The van der Waals surface area contributed by atoms with Gasteiger partial charge in [-0.3, -0.25) is 4.79 Å². The SMILES string of the molecule is O=CC1CCN(C(=O)C=Cc2cc(F)cc(F)c2)CC1. The number of likely N-dealkylation sites (tertiary alicyclic amines) is 1. The predicted molar refractivity (Wildman–Crippen MR) is 70.8 cm³/mol. The molecule has 0 radical (unpaired) electrons. The number of hydrogen-bond donors (Lipinski definition) is 0. The number of hydrogen-bond acceptors (Lipinski definition) is 2. The number of nitrogens with zero attached hydrogens (tertiary/aromatic N) is 1. The summed E-state index contributed by atoms with van der Waals surface area (Å²) in [5.74, 6) is -1.54. The van der Waals surface area contributed by atoms with Crippen LogP contribution < -0.4 is 0 Å². The molecule has 1 aromatic rings. The minimum absolute atomic E-state index is 0.0281. The van der Waals surface area contributed by atoms with Gasteiger partial charge in [0, 0.05) is 31.1 Å². The van der Waals surface area contributed by atoms with Crippen LogP contribution >= 0.6 is 0 Å². The largest absolute Gasteiger partial charge is 0.339 e. The molecule has 0 saturated carbocycles. The summed E-state index contributed by atoms with van der Waals surface area (Å²) in [4.78, 5) is 24.2. The Labute approximate surface area is 115 Å². The molecule has 1 heterocycles. The lowest BCUT2D eigenvalue weighted by atomic mass is 9.98. The number of aldehydes is 1. The van der Waals surface area contributed by atoms with Crippen LogP contribution in [0.2, 0.25) is 0 Å². The molecule has 3 nitrogen and oxygen atoms in total. The smallest absolute Gasteiger partial charge is 0.246 e. The van der Waals surface area contributed by atoms with Gasteiger partial charge in [-0.05, 0) is 36.6 Å². The summed E-state index contributed by atoms with van der Waals surface area (Å²) in [6.07, 6.45) is 4.94. The zero-order valence-electron chi connectivity index (χ0n) is 10.9. The molecule has 106 valence electrons. The fraction of sp³-hybridized carbons (Fsp3) is 0.333. The summed E-state index contributed by atoms with van der Waals surface area (Å²) >= 11 is 0. The molecule has 1 aliphatic heterocycles. The normalized spacial score (nSPS) is 16.6. The number of benzene rings is 1. The zero-order valence-corrected chi connectivity index (χ0v) is 10.9. The summed E-state index contributed by atoms with van der Waals surface area (Å²) in [7, 11) is 0. The van der Waals surface area contributed by atoms with Gasteiger partial charge < -0.3 is 9.69 Å².